The molecule has 0 unspecified atom stereocenters. The molecule has 2 heterocycles. The molecule has 0 saturated carbocycles. The second kappa shape index (κ2) is 6.93. The van der Waals surface area contributed by atoms with Crippen LogP contribution in [0.2, 0.25) is 0 Å². The first-order valence-corrected chi connectivity index (χ1v) is 6.83. The molecule has 0 spiro atoms. The van der Waals surface area contributed by atoms with E-state index < -0.39 is 5.60 Å². The SMILES string of the molecule is CC(C)(C)OC(=O)C1CCN(c2cccnc2)CC1.Cl. The van der Waals surface area contributed by atoms with Crippen LogP contribution in [0.3, 0.4) is 0 Å². The summed E-state index contributed by atoms with van der Waals surface area (Å²) in [5.41, 5.74) is 0.738. The molecular formula is C15H23ClN2O2. The van der Waals surface area contributed by atoms with Gasteiger partial charge in [0, 0.05) is 19.3 Å². The summed E-state index contributed by atoms with van der Waals surface area (Å²) in [6, 6.07) is 4.00. The highest BCUT2D eigenvalue weighted by molar-refractivity contribution is 5.85. The van der Waals surface area contributed by atoms with Crippen LogP contribution in [-0.4, -0.2) is 29.6 Å². The van der Waals surface area contributed by atoms with E-state index in [0.29, 0.717) is 0 Å². The van der Waals surface area contributed by atoms with Gasteiger partial charge in [0.05, 0.1) is 17.8 Å². The molecule has 1 aromatic rings. The number of carbonyl (C=O) groups excluding carboxylic acids is 1. The quantitative estimate of drug-likeness (QED) is 0.787. The van der Waals surface area contributed by atoms with E-state index in [4.69, 9.17) is 4.74 Å². The Morgan fingerprint density at radius 1 is 1.35 bits per heavy atom. The third-order valence-corrected chi connectivity index (χ3v) is 3.25. The Balaban J connectivity index is 0.00000200. The van der Waals surface area contributed by atoms with E-state index in [-0.39, 0.29) is 24.3 Å². The van der Waals surface area contributed by atoms with Crippen molar-refractivity contribution < 1.29 is 9.53 Å². The van der Waals surface area contributed by atoms with Crippen molar-refractivity contribution in [2.75, 3.05) is 18.0 Å². The zero-order chi connectivity index (χ0) is 13.9. The molecule has 1 fully saturated rings. The first-order chi connectivity index (χ1) is 8.96. The predicted octanol–water partition coefficient (Wildman–Crippen LogP) is 3.06. The van der Waals surface area contributed by atoms with E-state index in [9.17, 15) is 4.79 Å². The third-order valence-electron chi connectivity index (χ3n) is 3.25. The lowest BCUT2D eigenvalue weighted by Crippen LogP contribution is -2.38. The van der Waals surface area contributed by atoms with Crippen LogP contribution in [0.15, 0.2) is 24.5 Å². The normalized spacial score (nSPS) is 16.4. The molecule has 5 heteroatoms. The molecule has 112 valence electrons. The van der Waals surface area contributed by atoms with Gasteiger partial charge in [0.25, 0.3) is 0 Å². The van der Waals surface area contributed by atoms with E-state index in [1.807, 2.05) is 33.0 Å². The van der Waals surface area contributed by atoms with Gasteiger partial charge in [0.1, 0.15) is 5.60 Å². The van der Waals surface area contributed by atoms with Crippen LogP contribution < -0.4 is 4.90 Å². The zero-order valence-electron chi connectivity index (χ0n) is 12.3. The van der Waals surface area contributed by atoms with Crippen LogP contribution in [0, 0.1) is 5.92 Å². The lowest BCUT2D eigenvalue weighted by molar-refractivity contribution is -0.160. The Labute approximate surface area is 126 Å². The summed E-state index contributed by atoms with van der Waals surface area (Å²) in [5.74, 6) is -0.0227. The summed E-state index contributed by atoms with van der Waals surface area (Å²) in [6.45, 7) is 7.51. The summed E-state index contributed by atoms with van der Waals surface area (Å²) in [7, 11) is 0. The largest absolute Gasteiger partial charge is 0.460 e. The number of halogens is 1. The van der Waals surface area contributed by atoms with Crippen LogP contribution in [0.5, 0.6) is 0 Å². The number of ether oxygens (including phenoxy) is 1. The number of anilines is 1. The number of rotatable bonds is 2. The van der Waals surface area contributed by atoms with Crippen LogP contribution in [0.1, 0.15) is 33.6 Å². The molecule has 2 rings (SSSR count). The number of hydrogen-bond acceptors (Lipinski definition) is 4. The summed E-state index contributed by atoms with van der Waals surface area (Å²) < 4.78 is 5.45. The van der Waals surface area contributed by atoms with Gasteiger partial charge < -0.3 is 9.64 Å². The molecule has 0 atom stereocenters. The van der Waals surface area contributed by atoms with Crippen molar-refractivity contribution in [1.29, 1.82) is 0 Å². The highest BCUT2D eigenvalue weighted by Gasteiger charge is 2.29. The number of esters is 1. The van der Waals surface area contributed by atoms with Crippen LogP contribution in [0.25, 0.3) is 0 Å². The number of aromatic nitrogens is 1. The van der Waals surface area contributed by atoms with Crippen molar-refractivity contribution in [1.82, 2.24) is 4.98 Å². The highest BCUT2D eigenvalue weighted by atomic mass is 35.5. The number of hydrogen-bond donors (Lipinski definition) is 0. The second-order valence-corrected chi connectivity index (χ2v) is 6.01. The molecule has 1 aromatic heterocycles. The van der Waals surface area contributed by atoms with Crippen molar-refractivity contribution in [3.8, 4) is 0 Å². The second-order valence-electron chi connectivity index (χ2n) is 6.01. The van der Waals surface area contributed by atoms with Gasteiger partial charge in [-0.2, -0.15) is 0 Å². The maximum Gasteiger partial charge on any atom is 0.309 e. The summed E-state index contributed by atoms with van der Waals surface area (Å²) >= 11 is 0. The van der Waals surface area contributed by atoms with E-state index in [1.165, 1.54) is 0 Å². The van der Waals surface area contributed by atoms with E-state index in [1.54, 1.807) is 6.20 Å². The molecule has 1 aliphatic rings. The average Bonchev–Trinajstić information content (AvgIpc) is 2.38. The van der Waals surface area contributed by atoms with Gasteiger partial charge in [0.15, 0.2) is 0 Å². The molecule has 0 radical (unpaired) electrons. The van der Waals surface area contributed by atoms with Crippen LogP contribution in [-0.2, 0) is 9.53 Å². The van der Waals surface area contributed by atoms with Crippen LogP contribution >= 0.6 is 12.4 Å². The number of nitrogens with zero attached hydrogens (tertiary/aromatic N) is 2. The average molecular weight is 299 g/mol. The third kappa shape index (κ3) is 4.67. The van der Waals surface area contributed by atoms with Crippen molar-refractivity contribution in [2.24, 2.45) is 5.92 Å². The first-order valence-electron chi connectivity index (χ1n) is 6.83. The molecule has 0 bridgehead atoms. The Morgan fingerprint density at radius 2 is 2.00 bits per heavy atom. The fraction of sp³-hybridized carbons (Fsp3) is 0.600. The molecular weight excluding hydrogens is 276 g/mol. The molecule has 0 amide bonds. The minimum Gasteiger partial charge on any atom is -0.460 e. The molecule has 20 heavy (non-hydrogen) atoms. The fourth-order valence-electron chi connectivity index (χ4n) is 2.30. The maximum absolute atomic E-state index is 12.0. The fourth-order valence-corrected chi connectivity index (χ4v) is 2.30. The number of carbonyl (C=O) groups is 1. The Bertz CT molecular complexity index is 423. The van der Waals surface area contributed by atoms with Crippen molar-refractivity contribution >= 4 is 24.1 Å². The lowest BCUT2D eigenvalue weighted by atomic mass is 9.96. The standard InChI is InChI=1S/C15H22N2O2.ClH/c1-15(2,3)19-14(18)12-6-9-17(10-7-12)13-5-4-8-16-11-13;/h4-5,8,11-12H,6-7,9-10H2,1-3H3;1H. The zero-order valence-corrected chi connectivity index (χ0v) is 13.2. The molecule has 0 aliphatic carbocycles. The first kappa shape index (κ1) is 16.8. The topological polar surface area (TPSA) is 42.4 Å². The van der Waals surface area contributed by atoms with Gasteiger partial charge in [-0.25, -0.2) is 0 Å². The minimum atomic E-state index is -0.391. The summed E-state index contributed by atoms with van der Waals surface area (Å²) in [4.78, 5) is 18.4. The Hall–Kier alpha value is -1.29. The number of piperidine rings is 1. The van der Waals surface area contributed by atoms with Gasteiger partial charge >= 0.3 is 5.97 Å². The van der Waals surface area contributed by atoms with E-state index >= 15 is 0 Å². The van der Waals surface area contributed by atoms with Crippen molar-refractivity contribution in [3.05, 3.63) is 24.5 Å². The van der Waals surface area contributed by atoms with Gasteiger partial charge in [-0.3, -0.25) is 9.78 Å². The van der Waals surface area contributed by atoms with Gasteiger partial charge in [-0.1, -0.05) is 0 Å². The summed E-state index contributed by atoms with van der Waals surface area (Å²) in [6.07, 6.45) is 5.35. The minimum absolute atomic E-state index is 0. The van der Waals surface area contributed by atoms with Gasteiger partial charge in [0.2, 0.25) is 0 Å². The Kier molecular flexibility index (Phi) is 5.81. The molecule has 4 nitrogen and oxygen atoms in total. The highest BCUT2D eigenvalue weighted by Crippen LogP contribution is 2.24. The van der Waals surface area contributed by atoms with Crippen molar-refractivity contribution in [3.63, 3.8) is 0 Å². The van der Waals surface area contributed by atoms with Gasteiger partial charge in [-0.05, 0) is 45.7 Å². The monoisotopic (exact) mass is 298 g/mol. The summed E-state index contributed by atoms with van der Waals surface area (Å²) in [5, 5.41) is 0. The smallest absolute Gasteiger partial charge is 0.309 e. The molecule has 1 aliphatic heterocycles. The van der Waals surface area contributed by atoms with Gasteiger partial charge in [-0.15, -0.1) is 12.4 Å². The predicted molar refractivity (Wildman–Crippen MR) is 82.3 cm³/mol. The number of pyridine rings is 1. The van der Waals surface area contributed by atoms with E-state index in [2.05, 4.69) is 16.0 Å². The Morgan fingerprint density at radius 3 is 2.50 bits per heavy atom. The molecule has 0 N–H and O–H groups in total. The maximum atomic E-state index is 12.0. The molecule has 0 aromatic carbocycles. The van der Waals surface area contributed by atoms with Crippen molar-refractivity contribution in [2.45, 2.75) is 39.2 Å². The van der Waals surface area contributed by atoms with E-state index in [0.717, 1.165) is 31.6 Å². The molecule has 1 saturated heterocycles. The lowest BCUT2D eigenvalue weighted by Gasteiger charge is -2.33. The van der Waals surface area contributed by atoms with Crippen LogP contribution in [0.4, 0.5) is 5.69 Å².